The number of ether oxygens (including phenoxy) is 3. The maximum atomic E-state index is 12.4. The number of amides is 1. The van der Waals surface area contributed by atoms with Crippen LogP contribution in [-0.2, 0) is 20.7 Å². The summed E-state index contributed by atoms with van der Waals surface area (Å²) in [5.41, 5.74) is 1.17. The summed E-state index contributed by atoms with van der Waals surface area (Å²) < 4.78 is 15.9. The molecule has 0 heterocycles. The van der Waals surface area contributed by atoms with E-state index in [9.17, 15) is 4.79 Å². The fraction of sp³-hybridized carbons (Fsp3) is 0.611. The molecule has 1 rings (SSSR count). The summed E-state index contributed by atoms with van der Waals surface area (Å²) in [7, 11) is 3.47. The van der Waals surface area contributed by atoms with Gasteiger partial charge in [0, 0.05) is 19.7 Å². The van der Waals surface area contributed by atoms with E-state index < -0.39 is 6.10 Å². The van der Waals surface area contributed by atoms with Gasteiger partial charge in [-0.2, -0.15) is 0 Å². The van der Waals surface area contributed by atoms with Crippen molar-refractivity contribution >= 4 is 5.91 Å². The molecule has 0 saturated heterocycles. The first kappa shape index (κ1) is 19.5. The summed E-state index contributed by atoms with van der Waals surface area (Å²) in [5, 5.41) is 0. The van der Waals surface area contributed by atoms with Crippen molar-refractivity contribution in [3.8, 4) is 5.75 Å². The summed E-state index contributed by atoms with van der Waals surface area (Å²) in [6.45, 7) is 7.36. The largest absolute Gasteiger partial charge is 0.497 e. The second kappa shape index (κ2) is 10.2. The Morgan fingerprint density at radius 2 is 1.83 bits per heavy atom. The summed E-state index contributed by atoms with van der Waals surface area (Å²) in [4.78, 5) is 14.1. The van der Waals surface area contributed by atoms with E-state index in [-0.39, 0.29) is 11.9 Å². The SMILES string of the molecule is CCOCCOC(C)C(=O)N(C)C(C)Cc1ccc(OC)cc1. The minimum absolute atomic E-state index is 0.0116. The number of carbonyl (C=O) groups excluding carboxylic acids is 1. The highest BCUT2D eigenvalue weighted by molar-refractivity contribution is 5.80. The lowest BCUT2D eigenvalue weighted by Gasteiger charge is -2.28. The zero-order valence-corrected chi connectivity index (χ0v) is 14.9. The van der Waals surface area contributed by atoms with Crippen LogP contribution in [0.25, 0.3) is 0 Å². The number of benzene rings is 1. The molecule has 0 saturated carbocycles. The van der Waals surface area contributed by atoms with Crippen molar-refractivity contribution in [3.05, 3.63) is 29.8 Å². The van der Waals surface area contributed by atoms with Crippen molar-refractivity contribution in [1.29, 1.82) is 0 Å². The summed E-state index contributed by atoms with van der Waals surface area (Å²) in [6.07, 6.45) is 0.330. The Balaban J connectivity index is 2.46. The molecule has 2 atom stereocenters. The number of methoxy groups -OCH3 is 1. The summed E-state index contributed by atoms with van der Waals surface area (Å²) in [6, 6.07) is 8.01. The maximum Gasteiger partial charge on any atom is 0.251 e. The molecule has 1 aromatic carbocycles. The van der Waals surface area contributed by atoms with Gasteiger partial charge in [0.25, 0.3) is 5.91 Å². The molecule has 5 nitrogen and oxygen atoms in total. The van der Waals surface area contributed by atoms with Crippen molar-refractivity contribution < 1.29 is 19.0 Å². The molecule has 0 fully saturated rings. The second-order valence-corrected chi connectivity index (χ2v) is 5.56. The lowest BCUT2D eigenvalue weighted by molar-refractivity contribution is -0.144. The van der Waals surface area contributed by atoms with Gasteiger partial charge in [-0.05, 0) is 44.9 Å². The zero-order chi connectivity index (χ0) is 17.2. The number of carbonyl (C=O) groups is 1. The number of hydrogen-bond acceptors (Lipinski definition) is 4. The van der Waals surface area contributed by atoms with Crippen molar-refractivity contribution in [2.24, 2.45) is 0 Å². The number of rotatable bonds is 10. The van der Waals surface area contributed by atoms with Gasteiger partial charge >= 0.3 is 0 Å². The fourth-order valence-electron chi connectivity index (χ4n) is 2.24. The Morgan fingerprint density at radius 1 is 1.17 bits per heavy atom. The molecule has 0 aliphatic rings. The highest BCUT2D eigenvalue weighted by atomic mass is 16.5. The molecule has 0 bridgehead atoms. The van der Waals surface area contributed by atoms with Gasteiger partial charge in [-0.15, -0.1) is 0 Å². The van der Waals surface area contributed by atoms with E-state index >= 15 is 0 Å². The molecule has 2 unspecified atom stereocenters. The van der Waals surface area contributed by atoms with Crippen molar-refractivity contribution in [2.45, 2.75) is 39.3 Å². The molecule has 0 N–H and O–H groups in total. The summed E-state index contributed by atoms with van der Waals surface area (Å²) in [5.74, 6) is 0.824. The third-order valence-electron chi connectivity index (χ3n) is 3.85. The maximum absolute atomic E-state index is 12.4. The lowest BCUT2D eigenvalue weighted by Crippen LogP contribution is -2.42. The Bertz CT molecular complexity index is 461. The molecule has 0 aliphatic heterocycles. The fourth-order valence-corrected chi connectivity index (χ4v) is 2.24. The molecule has 0 aliphatic carbocycles. The van der Waals surface area contributed by atoms with Gasteiger partial charge in [-0.1, -0.05) is 12.1 Å². The Morgan fingerprint density at radius 3 is 2.39 bits per heavy atom. The van der Waals surface area contributed by atoms with E-state index in [1.807, 2.05) is 45.2 Å². The van der Waals surface area contributed by atoms with Gasteiger partial charge < -0.3 is 19.1 Å². The first-order valence-electron chi connectivity index (χ1n) is 8.08. The van der Waals surface area contributed by atoms with E-state index in [4.69, 9.17) is 14.2 Å². The Hall–Kier alpha value is -1.59. The van der Waals surface area contributed by atoms with Crippen molar-refractivity contribution in [1.82, 2.24) is 4.90 Å². The third kappa shape index (κ3) is 6.59. The predicted octanol–water partition coefficient (Wildman–Crippen LogP) is 2.53. The van der Waals surface area contributed by atoms with Crippen LogP contribution in [0.15, 0.2) is 24.3 Å². The Kier molecular flexibility index (Phi) is 8.66. The topological polar surface area (TPSA) is 48.0 Å². The average Bonchev–Trinajstić information content (AvgIpc) is 2.57. The van der Waals surface area contributed by atoms with Gasteiger partial charge in [-0.25, -0.2) is 0 Å². The van der Waals surface area contributed by atoms with Gasteiger partial charge in [0.2, 0.25) is 0 Å². The predicted molar refractivity (Wildman–Crippen MR) is 90.8 cm³/mol. The van der Waals surface area contributed by atoms with Crippen LogP contribution in [0.1, 0.15) is 26.3 Å². The molecular weight excluding hydrogens is 294 g/mol. The van der Waals surface area contributed by atoms with E-state index in [1.165, 1.54) is 5.56 Å². The minimum atomic E-state index is -0.459. The van der Waals surface area contributed by atoms with Gasteiger partial charge in [0.1, 0.15) is 11.9 Å². The van der Waals surface area contributed by atoms with E-state index in [0.29, 0.717) is 19.8 Å². The van der Waals surface area contributed by atoms with Crippen LogP contribution in [-0.4, -0.2) is 56.9 Å². The Labute approximate surface area is 139 Å². The first-order chi connectivity index (χ1) is 11.0. The lowest BCUT2D eigenvalue weighted by atomic mass is 10.1. The zero-order valence-electron chi connectivity index (χ0n) is 14.9. The molecule has 5 heteroatoms. The monoisotopic (exact) mass is 323 g/mol. The molecule has 0 spiro atoms. The number of likely N-dealkylation sites (N-methyl/N-ethyl adjacent to an activating group) is 1. The minimum Gasteiger partial charge on any atom is -0.497 e. The van der Waals surface area contributed by atoms with Crippen LogP contribution >= 0.6 is 0 Å². The van der Waals surface area contributed by atoms with Gasteiger partial charge in [0.05, 0.1) is 20.3 Å². The van der Waals surface area contributed by atoms with Crippen LogP contribution in [0.4, 0.5) is 0 Å². The highest BCUT2D eigenvalue weighted by Crippen LogP contribution is 2.14. The van der Waals surface area contributed by atoms with Crippen LogP contribution < -0.4 is 4.74 Å². The van der Waals surface area contributed by atoms with Crippen LogP contribution in [0.2, 0.25) is 0 Å². The molecule has 1 aromatic rings. The highest BCUT2D eigenvalue weighted by Gasteiger charge is 2.22. The molecule has 130 valence electrons. The van der Waals surface area contributed by atoms with E-state index in [1.54, 1.807) is 18.9 Å². The quantitative estimate of drug-likeness (QED) is 0.621. The van der Waals surface area contributed by atoms with E-state index in [0.717, 1.165) is 12.2 Å². The normalized spacial score (nSPS) is 13.4. The number of nitrogens with zero attached hydrogens (tertiary/aromatic N) is 1. The van der Waals surface area contributed by atoms with Crippen LogP contribution in [0, 0.1) is 0 Å². The van der Waals surface area contributed by atoms with E-state index in [2.05, 4.69) is 0 Å². The van der Waals surface area contributed by atoms with Crippen molar-refractivity contribution in [3.63, 3.8) is 0 Å². The smallest absolute Gasteiger partial charge is 0.251 e. The molecule has 0 radical (unpaired) electrons. The number of hydrogen-bond donors (Lipinski definition) is 0. The average molecular weight is 323 g/mol. The summed E-state index contributed by atoms with van der Waals surface area (Å²) >= 11 is 0. The van der Waals surface area contributed by atoms with Crippen LogP contribution in [0.5, 0.6) is 5.75 Å². The second-order valence-electron chi connectivity index (χ2n) is 5.56. The van der Waals surface area contributed by atoms with Gasteiger partial charge in [0.15, 0.2) is 0 Å². The molecule has 1 amide bonds. The molecular formula is C18H29NO4. The first-order valence-corrected chi connectivity index (χ1v) is 8.08. The molecule has 23 heavy (non-hydrogen) atoms. The third-order valence-corrected chi connectivity index (χ3v) is 3.85. The standard InChI is InChI=1S/C18H29NO4/c1-6-22-11-12-23-15(3)18(20)19(4)14(2)13-16-7-9-17(21-5)10-8-16/h7-10,14-15H,6,11-13H2,1-5H3. The molecule has 0 aromatic heterocycles. The van der Waals surface area contributed by atoms with Crippen molar-refractivity contribution in [2.75, 3.05) is 34.0 Å². The van der Waals surface area contributed by atoms with Crippen LogP contribution in [0.3, 0.4) is 0 Å². The van der Waals surface area contributed by atoms with Gasteiger partial charge in [-0.3, -0.25) is 4.79 Å².